The fourth-order valence-corrected chi connectivity index (χ4v) is 4.80. The van der Waals surface area contributed by atoms with Crippen molar-refractivity contribution in [2.24, 2.45) is 7.05 Å². The standard InChI is InChI=1S/C27H28N8O2/c1-27(2,3)26-33-25(37-34-26)24(36)30-20-7-5-6-15-12-16(8-9-18(15)20)19-10-11-28-23-21(19)31-22(32-23)17-13-29-35(4)14-17/h8-14,20H,5-7H2,1-4H3,(H,30,36)(H,28,31,32). The maximum absolute atomic E-state index is 12.9. The van der Waals surface area contributed by atoms with Gasteiger partial charge >= 0.3 is 11.8 Å². The summed E-state index contributed by atoms with van der Waals surface area (Å²) >= 11 is 0. The van der Waals surface area contributed by atoms with E-state index in [1.54, 1.807) is 17.1 Å². The Labute approximate surface area is 213 Å². The lowest BCUT2D eigenvalue weighted by Crippen LogP contribution is -2.31. The normalized spacial score (nSPS) is 15.6. The molecule has 0 fully saturated rings. The van der Waals surface area contributed by atoms with E-state index in [2.05, 4.69) is 48.7 Å². The SMILES string of the molecule is Cn1cc(-c2nc3c(-c4ccc5c(c4)CCCC5NC(=O)c4nc(C(C)(C)C)no4)ccnc3[nH]2)cn1. The van der Waals surface area contributed by atoms with Crippen LogP contribution in [0, 0.1) is 0 Å². The van der Waals surface area contributed by atoms with Gasteiger partial charge in [0.1, 0.15) is 11.3 Å². The van der Waals surface area contributed by atoms with Crippen LogP contribution in [0.1, 0.15) is 67.3 Å². The molecule has 2 N–H and O–H groups in total. The maximum atomic E-state index is 12.9. The van der Waals surface area contributed by atoms with Crippen LogP contribution in [-0.4, -0.2) is 40.8 Å². The molecule has 0 aliphatic heterocycles. The lowest BCUT2D eigenvalue weighted by molar-refractivity contribution is 0.0888. The maximum Gasteiger partial charge on any atom is 0.315 e. The second kappa shape index (κ2) is 8.65. The van der Waals surface area contributed by atoms with Crippen molar-refractivity contribution in [3.05, 3.63) is 65.7 Å². The van der Waals surface area contributed by atoms with Crippen molar-refractivity contribution < 1.29 is 9.32 Å². The number of pyridine rings is 1. The number of benzene rings is 1. The summed E-state index contributed by atoms with van der Waals surface area (Å²) in [7, 11) is 1.88. The van der Waals surface area contributed by atoms with Gasteiger partial charge in [-0.2, -0.15) is 10.1 Å². The van der Waals surface area contributed by atoms with Gasteiger partial charge in [0, 0.05) is 30.4 Å². The van der Waals surface area contributed by atoms with Gasteiger partial charge in [-0.3, -0.25) is 9.48 Å². The van der Waals surface area contributed by atoms with Gasteiger partial charge in [0.15, 0.2) is 11.5 Å². The number of nitrogens with one attached hydrogen (secondary N) is 2. The minimum Gasteiger partial charge on any atom is -0.341 e. The van der Waals surface area contributed by atoms with Crippen LogP contribution in [0.2, 0.25) is 0 Å². The number of carbonyl (C=O) groups excluding carboxylic acids is 1. The number of imidazole rings is 1. The number of aromatic nitrogens is 7. The van der Waals surface area contributed by atoms with Crippen molar-refractivity contribution in [2.75, 3.05) is 0 Å². The molecular formula is C27H28N8O2. The Bertz CT molecular complexity index is 1620. The number of rotatable bonds is 4. The second-order valence-electron chi connectivity index (χ2n) is 10.5. The zero-order valence-corrected chi connectivity index (χ0v) is 21.2. The van der Waals surface area contributed by atoms with Gasteiger partial charge in [-0.1, -0.05) is 44.1 Å². The Hall–Kier alpha value is -4.34. The predicted octanol–water partition coefficient (Wildman–Crippen LogP) is 4.51. The zero-order valence-electron chi connectivity index (χ0n) is 21.2. The molecular weight excluding hydrogens is 468 g/mol. The molecule has 37 heavy (non-hydrogen) atoms. The molecule has 6 rings (SSSR count). The van der Waals surface area contributed by atoms with Gasteiger partial charge in [-0.25, -0.2) is 9.97 Å². The molecule has 0 spiro atoms. The van der Waals surface area contributed by atoms with E-state index < -0.39 is 0 Å². The van der Waals surface area contributed by atoms with Crippen molar-refractivity contribution in [3.63, 3.8) is 0 Å². The van der Waals surface area contributed by atoms with Crippen LogP contribution >= 0.6 is 0 Å². The van der Waals surface area contributed by atoms with Crippen LogP contribution in [0.4, 0.5) is 0 Å². The smallest absolute Gasteiger partial charge is 0.315 e. The number of hydrogen-bond acceptors (Lipinski definition) is 7. The summed E-state index contributed by atoms with van der Waals surface area (Å²) in [6.45, 7) is 5.94. The Kier molecular flexibility index (Phi) is 5.40. The van der Waals surface area contributed by atoms with Gasteiger partial charge in [0.25, 0.3) is 0 Å². The number of aryl methyl sites for hydroxylation is 2. The van der Waals surface area contributed by atoms with E-state index in [-0.39, 0.29) is 23.3 Å². The molecule has 10 nitrogen and oxygen atoms in total. The van der Waals surface area contributed by atoms with E-state index in [1.807, 2.05) is 40.1 Å². The first-order valence-corrected chi connectivity index (χ1v) is 12.4. The first kappa shape index (κ1) is 23.1. The summed E-state index contributed by atoms with van der Waals surface area (Å²) in [5.74, 6) is 0.899. The van der Waals surface area contributed by atoms with Crippen LogP contribution in [0.15, 0.2) is 47.4 Å². The number of H-pyrrole nitrogens is 1. The molecule has 1 atom stereocenters. The highest BCUT2D eigenvalue weighted by molar-refractivity contribution is 5.92. The monoisotopic (exact) mass is 496 g/mol. The van der Waals surface area contributed by atoms with E-state index >= 15 is 0 Å². The highest BCUT2D eigenvalue weighted by Gasteiger charge is 2.27. The molecule has 0 saturated carbocycles. The van der Waals surface area contributed by atoms with Crippen LogP contribution in [0.3, 0.4) is 0 Å². The average Bonchev–Trinajstić information content (AvgIpc) is 3.62. The number of nitrogens with zero attached hydrogens (tertiary/aromatic N) is 6. The van der Waals surface area contributed by atoms with Gasteiger partial charge in [0.2, 0.25) is 0 Å². The Morgan fingerprint density at radius 3 is 2.81 bits per heavy atom. The highest BCUT2D eigenvalue weighted by atomic mass is 16.5. The van der Waals surface area contributed by atoms with E-state index in [0.717, 1.165) is 58.5 Å². The van der Waals surface area contributed by atoms with Crippen molar-refractivity contribution in [1.29, 1.82) is 0 Å². The van der Waals surface area contributed by atoms with Gasteiger partial charge in [0.05, 0.1) is 17.8 Å². The molecule has 1 unspecified atom stereocenters. The quantitative estimate of drug-likeness (QED) is 0.375. The van der Waals surface area contributed by atoms with E-state index in [4.69, 9.17) is 9.51 Å². The zero-order chi connectivity index (χ0) is 25.7. The molecule has 1 aliphatic carbocycles. The molecule has 1 aromatic carbocycles. The van der Waals surface area contributed by atoms with E-state index in [1.165, 1.54) is 5.56 Å². The summed E-state index contributed by atoms with van der Waals surface area (Å²) in [6, 6.07) is 8.26. The van der Waals surface area contributed by atoms with Gasteiger partial charge in [-0.05, 0) is 42.0 Å². The van der Waals surface area contributed by atoms with E-state index in [9.17, 15) is 4.79 Å². The van der Waals surface area contributed by atoms with Gasteiger partial charge < -0.3 is 14.8 Å². The summed E-state index contributed by atoms with van der Waals surface area (Å²) in [6.07, 6.45) is 8.26. The predicted molar refractivity (Wildman–Crippen MR) is 138 cm³/mol. The molecule has 1 amide bonds. The first-order chi connectivity index (χ1) is 17.8. The molecule has 188 valence electrons. The second-order valence-corrected chi connectivity index (χ2v) is 10.5. The summed E-state index contributed by atoms with van der Waals surface area (Å²) in [4.78, 5) is 29.8. The molecule has 4 heterocycles. The van der Waals surface area contributed by atoms with Crippen molar-refractivity contribution in [2.45, 2.75) is 51.5 Å². The van der Waals surface area contributed by atoms with Crippen LogP contribution < -0.4 is 5.32 Å². The lowest BCUT2D eigenvalue weighted by atomic mass is 9.85. The summed E-state index contributed by atoms with van der Waals surface area (Å²) in [5.41, 5.74) is 6.55. The largest absolute Gasteiger partial charge is 0.341 e. The van der Waals surface area contributed by atoms with Crippen LogP contribution in [0.5, 0.6) is 0 Å². The van der Waals surface area contributed by atoms with Gasteiger partial charge in [-0.15, -0.1) is 0 Å². The van der Waals surface area contributed by atoms with E-state index in [0.29, 0.717) is 5.82 Å². The average molecular weight is 497 g/mol. The molecule has 1 aliphatic rings. The Morgan fingerprint density at radius 2 is 2.05 bits per heavy atom. The Morgan fingerprint density at radius 1 is 1.19 bits per heavy atom. The highest BCUT2D eigenvalue weighted by Crippen LogP contribution is 2.35. The molecule has 10 heteroatoms. The number of fused-ring (bicyclic) bond motifs is 2. The minimum atomic E-state index is -0.347. The number of hydrogen-bond donors (Lipinski definition) is 2. The molecule has 0 radical (unpaired) electrons. The lowest BCUT2D eigenvalue weighted by Gasteiger charge is -2.26. The third-order valence-electron chi connectivity index (χ3n) is 6.73. The molecule has 0 saturated heterocycles. The minimum absolute atomic E-state index is 0.00389. The van der Waals surface area contributed by atoms with Crippen molar-refractivity contribution >= 4 is 17.1 Å². The van der Waals surface area contributed by atoms with Crippen LogP contribution in [-0.2, 0) is 18.9 Å². The fraction of sp³-hybridized carbons (Fsp3) is 0.333. The van der Waals surface area contributed by atoms with Crippen molar-refractivity contribution in [3.8, 4) is 22.5 Å². The fourth-order valence-electron chi connectivity index (χ4n) is 4.80. The van der Waals surface area contributed by atoms with Crippen molar-refractivity contribution in [1.82, 2.24) is 40.2 Å². The number of amides is 1. The topological polar surface area (TPSA) is 127 Å². The third-order valence-corrected chi connectivity index (χ3v) is 6.73. The number of aromatic amines is 1. The third kappa shape index (κ3) is 4.28. The Balaban J connectivity index is 1.29. The molecule has 4 aromatic heterocycles. The van der Waals surface area contributed by atoms with Crippen LogP contribution in [0.25, 0.3) is 33.7 Å². The molecule has 0 bridgehead atoms. The summed E-state index contributed by atoms with van der Waals surface area (Å²) in [5, 5.41) is 11.3. The molecule has 5 aromatic rings. The first-order valence-electron chi connectivity index (χ1n) is 12.4. The number of carbonyl (C=O) groups is 1. The summed E-state index contributed by atoms with van der Waals surface area (Å²) < 4.78 is 6.99.